The van der Waals surface area contributed by atoms with E-state index in [1.807, 2.05) is 0 Å². The second-order valence-electron chi connectivity index (χ2n) is 11.4. The van der Waals surface area contributed by atoms with Gasteiger partial charge in [0.05, 0.1) is 17.7 Å². The fourth-order valence-corrected chi connectivity index (χ4v) is 5.27. The summed E-state index contributed by atoms with van der Waals surface area (Å²) in [4.78, 5) is 13.5. The van der Waals surface area contributed by atoms with Crippen LogP contribution in [0.4, 0.5) is 4.39 Å². The highest BCUT2D eigenvalue weighted by molar-refractivity contribution is 6.31. The van der Waals surface area contributed by atoms with Crippen molar-refractivity contribution in [2.24, 2.45) is 11.1 Å². The van der Waals surface area contributed by atoms with E-state index in [0.717, 1.165) is 0 Å². The van der Waals surface area contributed by atoms with Crippen LogP contribution in [0.15, 0.2) is 36.4 Å². The first-order chi connectivity index (χ1) is 16.1. The van der Waals surface area contributed by atoms with Crippen molar-refractivity contribution in [1.82, 2.24) is 5.32 Å². The van der Waals surface area contributed by atoms with Crippen molar-refractivity contribution >= 4 is 29.2 Å². The number of esters is 1. The molecular formula is C27H35Cl2FN2O3. The molecule has 8 heteroatoms. The van der Waals surface area contributed by atoms with E-state index in [0.29, 0.717) is 22.8 Å². The molecule has 1 aliphatic heterocycles. The van der Waals surface area contributed by atoms with Crippen molar-refractivity contribution in [3.05, 3.63) is 63.4 Å². The molecule has 0 aromatic heterocycles. The van der Waals surface area contributed by atoms with Crippen LogP contribution < -0.4 is 15.8 Å². The summed E-state index contributed by atoms with van der Waals surface area (Å²) in [5.74, 6) is -1.52. The number of halogens is 3. The topological polar surface area (TPSA) is 73.6 Å². The summed E-state index contributed by atoms with van der Waals surface area (Å²) < 4.78 is 27.0. The van der Waals surface area contributed by atoms with Gasteiger partial charge in [-0.15, -0.1) is 0 Å². The van der Waals surface area contributed by atoms with Gasteiger partial charge in [0.25, 0.3) is 0 Å². The van der Waals surface area contributed by atoms with Gasteiger partial charge < -0.3 is 15.2 Å². The fourth-order valence-electron chi connectivity index (χ4n) is 4.93. The molecule has 0 radical (unpaired) electrons. The maximum Gasteiger partial charge on any atom is 0.324 e. The molecule has 3 rings (SSSR count). The Morgan fingerprint density at radius 1 is 1.14 bits per heavy atom. The predicted octanol–water partition coefficient (Wildman–Crippen LogP) is 6.20. The third-order valence-corrected chi connectivity index (χ3v) is 6.76. The van der Waals surface area contributed by atoms with Crippen LogP contribution >= 0.6 is 23.2 Å². The molecule has 1 saturated heterocycles. The van der Waals surface area contributed by atoms with E-state index in [1.165, 1.54) is 13.2 Å². The van der Waals surface area contributed by atoms with Gasteiger partial charge in [-0.2, -0.15) is 0 Å². The van der Waals surface area contributed by atoms with E-state index in [-0.39, 0.29) is 16.0 Å². The van der Waals surface area contributed by atoms with Crippen molar-refractivity contribution in [2.45, 2.75) is 77.1 Å². The number of nitrogens with one attached hydrogen (secondary N) is 1. The van der Waals surface area contributed by atoms with Crippen LogP contribution in [-0.4, -0.2) is 30.8 Å². The van der Waals surface area contributed by atoms with Gasteiger partial charge in [0, 0.05) is 22.5 Å². The van der Waals surface area contributed by atoms with Crippen LogP contribution in [-0.2, 0) is 15.1 Å². The number of carbonyl (C=O) groups excluding carboxylic acids is 1. The molecule has 35 heavy (non-hydrogen) atoms. The molecule has 0 amide bonds. The van der Waals surface area contributed by atoms with Gasteiger partial charge >= 0.3 is 5.97 Å². The third kappa shape index (κ3) is 5.77. The van der Waals surface area contributed by atoms with Gasteiger partial charge in [-0.05, 0) is 56.4 Å². The molecule has 2 aromatic carbocycles. The molecule has 4 atom stereocenters. The molecule has 3 N–H and O–H groups in total. The van der Waals surface area contributed by atoms with Crippen molar-refractivity contribution in [3.63, 3.8) is 0 Å². The van der Waals surface area contributed by atoms with Crippen molar-refractivity contribution in [3.8, 4) is 5.75 Å². The number of hydrogen-bond acceptors (Lipinski definition) is 5. The van der Waals surface area contributed by atoms with E-state index in [1.54, 1.807) is 51.1 Å². The van der Waals surface area contributed by atoms with Crippen LogP contribution in [0.5, 0.6) is 5.75 Å². The Labute approximate surface area is 217 Å². The van der Waals surface area contributed by atoms with Gasteiger partial charge in [0.1, 0.15) is 23.2 Å². The minimum absolute atomic E-state index is 0.0462. The highest BCUT2D eigenvalue weighted by Crippen LogP contribution is 2.51. The molecule has 0 unspecified atom stereocenters. The van der Waals surface area contributed by atoms with Crippen LogP contribution in [0.1, 0.15) is 65.0 Å². The Balaban J connectivity index is 2.32. The number of methoxy groups -OCH3 is 1. The van der Waals surface area contributed by atoms with Gasteiger partial charge in [-0.1, -0.05) is 62.2 Å². The first kappa shape index (κ1) is 27.7. The van der Waals surface area contributed by atoms with Crippen LogP contribution in [0.25, 0.3) is 0 Å². The molecule has 1 fully saturated rings. The number of nitrogens with two attached hydrogens (primary N) is 1. The minimum atomic E-state index is -1.27. The summed E-state index contributed by atoms with van der Waals surface area (Å²) >= 11 is 12.4. The first-order valence-electron chi connectivity index (χ1n) is 11.6. The summed E-state index contributed by atoms with van der Waals surface area (Å²) in [7, 11) is 1.53. The Morgan fingerprint density at radius 2 is 1.80 bits per heavy atom. The van der Waals surface area contributed by atoms with Crippen LogP contribution in [0, 0.1) is 11.2 Å². The molecule has 192 valence electrons. The number of rotatable bonds is 5. The Bertz CT molecular complexity index is 1100. The zero-order valence-corrected chi connectivity index (χ0v) is 22.9. The molecule has 0 bridgehead atoms. The monoisotopic (exact) mass is 524 g/mol. The lowest BCUT2D eigenvalue weighted by molar-refractivity contribution is -0.157. The van der Waals surface area contributed by atoms with Crippen LogP contribution in [0.2, 0.25) is 10.0 Å². The van der Waals surface area contributed by atoms with Gasteiger partial charge in [0.2, 0.25) is 0 Å². The molecule has 5 nitrogen and oxygen atoms in total. The van der Waals surface area contributed by atoms with Crippen molar-refractivity contribution in [1.29, 1.82) is 0 Å². The molecule has 2 aromatic rings. The molecule has 1 aliphatic rings. The number of ether oxygens (including phenoxy) is 2. The van der Waals surface area contributed by atoms with Gasteiger partial charge in [-0.3, -0.25) is 10.1 Å². The quantitative estimate of drug-likeness (QED) is 0.455. The molecule has 0 spiro atoms. The summed E-state index contributed by atoms with van der Waals surface area (Å²) in [5.41, 5.74) is 6.01. The standard InChI is InChI=1S/C27H35Cl2FN2O3/c1-25(2,3)14-20-27(31,17-12-11-15(28)13-19(17)34-7)21(16-9-8-10-18(29)22(16)30)23(32-20)24(33)35-26(4,5)6/h8-13,20-21,23,32H,14,31H2,1-7H3/t20-,21-,23-,27+/m0/s1. The average Bonchev–Trinajstić information content (AvgIpc) is 3.00. The number of hydrogen-bond donors (Lipinski definition) is 2. The normalized spacial score (nSPS) is 24.9. The predicted molar refractivity (Wildman–Crippen MR) is 139 cm³/mol. The SMILES string of the molecule is COc1cc(Cl)ccc1[C@@]1(N)[C@H](CC(C)(C)C)N[C@H](C(=O)OC(C)(C)C)[C@@H]1c1cccc(Cl)c1F. The largest absolute Gasteiger partial charge is 0.496 e. The summed E-state index contributed by atoms with van der Waals surface area (Å²) in [6.45, 7) is 11.6. The lowest BCUT2D eigenvalue weighted by Gasteiger charge is -2.40. The van der Waals surface area contributed by atoms with Crippen molar-refractivity contribution in [2.75, 3.05) is 7.11 Å². The van der Waals surface area contributed by atoms with Crippen molar-refractivity contribution < 1.29 is 18.7 Å². The lowest BCUT2D eigenvalue weighted by atomic mass is 9.68. The zero-order valence-electron chi connectivity index (χ0n) is 21.3. The first-order valence-corrected chi connectivity index (χ1v) is 12.4. The second-order valence-corrected chi connectivity index (χ2v) is 12.2. The van der Waals surface area contributed by atoms with E-state index in [4.69, 9.17) is 38.4 Å². The minimum Gasteiger partial charge on any atom is -0.496 e. The summed E-state index contributed by atoms with van der Waals surface area (Å²) in [6, 6.07) is 8.56. The number of carbonyl (C=O) groups is 1. The maximum atomic E-state index is 15.6. The highest BCUT2D eigenvalue weighted by atomic mass is 35.5. The Kier molecular flexibility index (Phi) is 7.83. The van der Waals surface area contributed by atoms with E-state index in [9.17, 15) is 4.79 Å². The Hall–Kier alpha value is -1.86. The lowest BCUT2D eigenvalue weighted by Crippen LogP contribution is -2.52. The molecular weight excluding hydrogens is 490 g/mol. The molecule has 0 saturated carbocycles. The molecule has 0 aliphatic carbocycles. The highest BCUT2D eigenvalue weighted by Gasteiger charge is 2.59. The maximum absolute atomic E-state index is 15.6. The van der Waals surface area contributed by atoms with Crippen LogP contribution in [0.3, 0.4) is 0 Å². The smallest absolute Gasteiger partial charge is 0.324 e. The summed E-state index contributed by atoms with van der Waals surface area (Å²) in [5, 5.41) is 3.85. The average molecular weight is 525 g/mol. The fraction of sp³-hybridized carbons (Fsp3) is 0.519. The van der Waals surface area contributed by atoms with E-state index >= 15 is 4.39 Å². The Morgan fingerprint density at radius 3 is 2.37 bits per heavy atom. The van der Waals surface area contributed by atoms with E-state index < -0.39 is 40.9 Å². The van der Waals surface area contributed by atoms with Gasteiger partial charge in [-0.25, -0.2) is 4.39 Å². The summed E-state index contributed by atoms with van der Waals surface area (Å²) in [6.07, 6.45) is 0.591. The zero-order chi connectivity index (χ0) is 26.3. The molecule has 1 heterocycles. The second kappa shape index (κ2) is 9.89. The number of benzene rings is 2. The van der Waals surface area contributed by atoms with E-state index in [2.05, 4.69) is 26.1 Å². The van der Waals surface area contributed by atoms with Gasteiger partial charge in [0.15, 0.2) is 0 Å². The third-order valence-electron chi connectivity index (χ3n) is 6.23.